The van der Waals surface area contributed by atoms with Gasteiger partial charge in [-0.2, -0.15) is 35.9 Å². The molecule has 1 aromatic carbocycles. The largest absolute Gasteiger partial charge is 0.434 e. The molecule has 1 amide bonds. The lowest BCUT2D eigenvalue weighted by atomic mass is 9.91. The number of halogens is 6. The van der Waals surface area contributed by atoms with Crippen LogP contribution in [-0.2, 0) is 20.9 Å². The van der Waals surface area contributed by atoms with Gasteiger partial charge < -0.3 is 9.64 Å². The van der Waals surface area contributed by atoms with E-state index in [0.717, 1.165) is 17.7 Å². The van der Waals surface area contributed by atoms with Gasteiger partial charge in [0.25, 0.3) is 6.10 Å². The van der Waals surface area contributed by atoms with Crippen LogP contribution in [0.1, 0.15) is 48.3 Å². The zero-order valence-corrected chi connectivity index (χ0v) is 18.5. The van der Waals surface area contributed by atoms with Gasteiger partial charge in [0.1, 0.15) is 0 Å². The molecule has 2 aliphatic rings. The van der Waals surface area contributed by atoms with Gasteiger partial charge >= 0.3 is 24.6 Å². The van der Waals surface area contributed by atoms with E-state index in [1.54, 1.807) is 0 Å². The lowest BCUT2D eigenvalue weighted by Gasteiger charge is -2.35. The molecule has 1 aliphatic heterocycles. The van der Waals surface area contributed by atoms with Crippen molar-refractivity contribution in [3.63, 3.8) is 0 Å². The summed E-state index contributed by atoms with van der Waals surface area (Å²) in [6.07, 6.45) is -12.2. The first kappa shape index (κ1) is 27.7. The van der Waals surface area contributed by atoms with Crippen molar-refractivity contribution in [3.05, 3.63) is 34.9 Å². The molecular formula is C22H26F6N2O4. The number of carbonyl (C=O) groups is 1. The first-order chi connectivity index (χ1) is 15.9. The van der Waals surface area contributed by atoms with Crippen molar-refractivity contribution in [2.75, 3.05) is 26.2 Å². The van der Waals surface area contributed by atoms with Crippen molar-refractivity contribution in [1.82, 2.24) is 9.80 Å². The van der Waals surface area contributed by atoms with Crippen molar-refractivity contribution in [1.29, 1.82) is 0 Å². The predicted octanol–water partition coefficient (Wildman–Crippen LogP) is 4.82. The van der Waals surface area contributed by atoms with E-state index in [9.17, 15) is 31.1 Å². The highest BCUT2D eigenvalue weighted by molar-refractivity contribution is 5.68. The summed E-state index contributed by atoms with van der Waals surface area (Å²) in [4.78, 5) is 31.1. The number of rotatable bonds is 4. The summed E-state index contributed by atoms with van der Waals surface area (Å²) >= 11 is 0. The van der Waals surface area contributed by atoms with E-state index < -0.39 is 24.5 Å². The molecule has 1 saturated heterocycles. The fourth-order valence-electron chi connectivity index (χ4n) is 4.30. The summed E-state index contributed by atoms with van der Waals surface area (Å²) in [5, 5.41) is 0. The van der Waals surface area contributed by atoms with Gasteiger partial charge in [-0.3, -0.25) is 4.90 Å². The Hall–Kier alpha value is -2.59. The summed E-state index contributed by atoms with van der Waals surface area (Å²) in [5.41, 5.74) is 3.68. The summed E-state index contributed by atoms with van der Waals surface area (Å²) in [6.45, 7) is 3.37. The monoisotopic (exact) mass is 496 g/mol. The molecule has 2 fully saturated rings. The Labute approximate surface area is 192 Å². The van der Waals surface area contributed by atoms with E-state index >= 15 is 0 Å². The number of piperazine rings is 1. The van der Waals surface area contributed by atoms with Crippen LogP contribution in [0.25, 0.3) is 0 Å². The van der Waals surface area contributed by atoms with Crippen LogP contribution in [0.4, 0.5) is 31.1 Å². The highest BCUT2D eigenvalue weighted by atomic mass is 19.4. The topological polar surface area (TPSA) is 66.9 Å². The molecule has 3 rings (SSSR count). The second-order valence-electron chi connectivity index (χ2n) is 8.38. The quantitative estimate of drug-likeness (QED) is 0.560. The van der Waals surface area contributed by atoms with Gasteiger partial charge in [0.2, 0.25) is 0 Å². The molecule has 34 heavy (non-hydrogen) atoms. The van der Waals surface area contributed by atoms with Crippen LogP contribution in [0.5, 0.6) is 0 Å². The van der Waals surface area contributed by atoms with Crippen molar-refractivity contribution >= 4 is 12.2 Å². The maximum Gasteiger partial charge on any atom is 0.434 e. The maximum atomic E-state index is 12.6. The third-order valence-corrected chi connectivity index (χ3v) is 5.93. The van der Waals surface area contributed by atoms with Crippen LogP contribution in [-0.4, -0.2) is 66.7 Å². The number of aryl methyl sites for hydroxylation is 1. The molecule has 0 aromatic heterocycles. The van der Waals surface area contributed by atoms with Crippen LogP contribution in [0.15, 0.2) is 18.2 Å². The molecule has 0 unspecified atom stereocenters. The van der Waals surface area contributed by atoms with E-state index in [1.807, 2.05) is 13.0 Å². The summed E-state index contributed by atoms with van der Waals surface area (Å²) in [6, 6.07) is 6.32. The molecule has 1 saturated carbocycles. The molecule has 1 heterocycles. The Balaban J connectivity index is 0.00000129. The number of alkyl halides is 6. The lowest BCUT2D eigenvalue weighted by molar-refractivity contribution is -0.308. The number of nitrogens with zero attached hydrogens (tertiary/aromatic N) is 2. The molecule has 6 nitrogen and oxygen atoms in total. The molecule has 0 spiro atoms. The van der Waals surface area contributed by atoms with Gasteiger partial charge in [-0.25, -0.2) is 4.79 Å². The zero-order chi connectivity index (χ0) is 25.5. The van der Waals surface area contributed by atoms with Crippen molar-refractivity contribution in [3.8, 4) is 0 Å². The van der Waals surface area contributed by atoms with Gasteiger partial charge in [-0.1, -0.05) is 36.6 Å². The number of carbonyl (C=O) groups excluding carboxylic acids is 3. The van der Waals surface area contributed by atoms with E-state index in [4.69, 9.17) is 9.59 Å². The smallest absolute Gasteiger partial charge is 0.426 e. The highest BCUT2D eigenvalue weighted by Gasteiger charge is 2.60. The zero-order valence-electron chi connectivity index (χ0n) is 18.5. The van der Waals surface area contributed by atoms with Gasteiger partial charge in [0.05, 0.1) is 0 Å². The number of hydrogen-bond acceptors (Lipinski definition) is 5. The average Bonchev–Trinajstić information content (AvgIpc) is 3.27. The third kappa shape index (κ3) is 7.73. The fourth-order valence-corrected chi connectivity index (χ4v) is 4.30. The van der Waals surface area contributed by atoms with Gasteiger partial charge in [-0.05, 0) is 36.8 Å². The second-order valence-corrected chi connectivity index (χ2v) is 8.38. The molecule has 0 radical (unpaired) electrons. The first-order valence-electron chi connectivity index (χ1n) is 10.8. The number of hydrogen-bond donors (Lipinski definition) is 0. The van der Waals surface area contributed by atoms with Crippen LogP contribution < -0.4 is 0 Å². The normalized spacial score (nSPS) is 17.8. The van der Waals surface area contributed by atoms with Gasteiger partial charge in [-0.15, -0.1) is 0 Å². The third-order valence-electron chi connectivity index (χ3n) is 5.93. The Kier molecular flexibility index (Phi) is 9.52. The fraction of sp³-hybridized carbons (Fsp3) is 0.636. The van der Waals surface area contributed by atoms with E-state index in [2.05, 4.69) is 21.8 Å². The molecule has 0 N–H and O–H groups in total. The minimum atomic E-state index is -5.71. The molecule has 0 bridgehead atoms. The van der Waals surface area contributed by atoms with Crippen LogP contribution in [0.3, 0.4) is 0 Å². The summed E-state index contributed by atoms with van der Waals surface area (Å²) in [7, 11) is 0. The molecular weight excluding hydrogens is 470 g/mol. The average molecular weight is 496 g/mol. The SMILES string of the molecule is Cc1ccc(CN2CCN(C(=O)OC(C(F)(F)F)C(F)(F)F)CC2)c(C2CCCC2)c1.O=C=O. The Morgan fingerprint density at radius 3 is 2.06 bits per heavy atom. The Morgan fingerprint density at radius 1 is 1.03 bits per heavy atom. The highest BCUT2D eigenvalue weighted by Crippen LogP contribution is 2.37. The Bertz CT molecular complexity index is 840. The molecule has 12 heteroatoms. The molecule has 190 valence electrons. The molecule has 1 aliphatic carbocycles. The molecule has 1 aromatic rings. The number of benzene rings is 1. The van der Waals surface area contributed by atoms with E-state index in [-0.39, 0.29) is 19.2 Å². The van der Waals surface area contributed by atoms with Gasteiger partial charge in [0, 0.05) is 32.7 Å². The Morgan fingerprint density at radius 2 is 1.56 bits per heavy atom. The maximum absolute atomic E-state index is 12.6. The number of ether oxygens (including phenoxy) is 1. The lowest BCUT2D eigenvalue weighted by Crippen LogP contribution is -2.52. The first-order valence-corrected chi connectivity index (χ1v) is 10.8. The minimum Gasteiger partial charge on any atom is -0.426 e. The van der Waals surface area contributed by atoms with Gasteiger partial charge in [0.15, 0.2) is 0 Å². The summed E-state index contributed by atoms with van der Waals surface area (Å²) < 4.78 is 79.5. The van der Waals surface area contributed by atoms with Crippen molar-refractivity contribution < 1.29 is 45.5 Å². The number of amides is 1. The van der Waals surface area contributed by atoms with E-state index in [0.29, 0.717) is 25.6 Å². The van der Waals surface area contributed by atoms with Crippen LogP contribution >= 0.6 is 0 Å². The summed E-state index contributed by atoms with van der Waals surface area (Å²) in [5.74, 6) is 0.521. The standard InChI is InChI=1S/C21H26F6N2O2.CO2/c1-14-6-7-16(17(12-14)15-4-2-3-5-15)13-28-8-10-29(11-9-28)19(30)31-18(20(22,23)24)21(25,26)27;2-1-3/h6-7,12,15,18H,2-5,8-11,13H2,1H3;. The van der Waals surface area contributed by atoms with Crippen LogP contribution in [0, 0.1) is 6.92 Å². The predicted molar refractivity (Wildman–Crippen MR) is 107 cm³/mol. The second kappa shape index (κ2) is 11.7. The van der Waals surface area contributed by atoms with E-state index in [1.165, 1.54) is 29.5 Å². The minimum absolute atomic E-state index is 0.00584. The van der Waals surface area contributed by atoms with Crippen LogP contribution in [0.2, 0.25) is 0 Å². The van der Waals surface area contributed by atoms with Crippen molar-refractivity contribution in [2.24, 2.45) is 0 Å². The molecule has 0 atom stereocenters. The van der Waals surface area contributed by atoms with Crippen molar-refractivity contribution in [2.45, 2.75) is 63.5 Å².